The molecule has 0 unspecified atom stereocenters. The number of nitrogens with zero attached hydrogens (tertiary/aromatic N) is 1. The van der Waals surface area contributed by atoms with Crippen molar-refractivity contribution in [2.24, 2.45) is 0 Å². The summed E-state index contributed by atoms with van der Waals surface area (Å²) in [6.07, 6.45) is 0. The molecule has 0 aromatic heterocycles. The first kappa shape index (κ1) is 25.8. The molecule has 0 aliphatic rings. The van der Waals surface area contributed by atoms with E-state index >= 15 is 0 Å². The van der Waals surface area contributed by atoms with Crippen molar-refractivity contribution >= 4 is 44.4 Å². The molecule has 3 aromatic carbocycles. The minimum Gasteiger partial charge on any atom is -0.452 e. The predicted octanol–water partition coefficient (Wildman–Crippen LogP) is 3.83. The Morgan fingerprint density at radius 3 is 2.09 bits per heavy atom. The molecule has 0 saturated heterocycles. The first-order chi connectivity index (χ1) is 15.6. The lowest BCUT2D eigenvalue weighted by molar-refractivity contribution is -0.119. The van der Waals surface area contributed by atoms with Crippen LogP contribution in [0.3, 0.4) is 0 Å². The Bertz CT molecular complexity index is 1180. The van der Waals surface area contributed by atoms with Crippen LogP contribution in [0.2, 0.25) is 0 Å². The summed E-state index contributed by atoms with van der Waals surface area (Å²) in [5.41, 5.74) is 2.22. The maximum absolute atomic E-state index is 12.4. The molecule has 0 atom stereocenters. The normalized spacial score (nSPS) is 10.7. The van der Waals surface area contributed by atoms with Gasteiger partial charge in [0.15, 0.2) is 6.61 Å². The Morgan fingerprint density at radius 2 is 1.48 bits per heavy atom. The molecule has 176 valence electrons. The molecule has 33 heavy (non-hydrogen) atoms. The minimum absolute atomic E-state index is 0.333. The second kappa shape index (κ2) is 12.0. The van der Waals surface area contributed by atoms with Crippen LogP contribution in [0.25, 0.3) is 10.8 Å². The van der Waals surface area contributed by atoms with Crippen LogP contribution in [0.1, 0.15) is 24.2 Å². The van der Waals surface area contributed by atoms with Crippen LogP contribution in [0.4, 0.5) is 11.4 Å². The number of fused-ring (bicyclic) bond motifs is 1. The van der Waals surface area contributed by atoms with Crippen LogP contribution in [0, 0.1) is 0 Å². The van der Waals surface area contributed by atoms with E-state index < -0.39 is 16.4 Å². The average Bonchev–Trinajstić information content (AvgIpc) is 2.78. The summed E-state index contributed by atoms with van der Waals surface area (Å²) in [5, 5.41) is 4.51. The standard InChI is InChI=1S/C23H24N2O3.H2O4S/c1-3-25(4-2)19-14-12-18(13-15-19)24-22(26)16-28-23(27)21-11-7-9-17-8-5-6-10-20(17)21;1-5(2,3)4/h5-15H,3-4,16H2,1-2H3,(H,24,26);(H2,1,2,3,4). The molecule has 3 aromatic rings. The molecular formula is C23H26N2O7S. The fourth-order valence-electron chi connectivity index (χ4n) is 3.15. The second-order valence-electron chi connectivity index (χ2n) is 6.82. The van der Waals surface area contributed by atoms with E-state index in [-0.39, 0.29) is 12.5 Å². The summed E-state index contributed by atoms with van der Waals surface area (Å²) >= 11 is 0. The lowest BCUT2D eigenvalue weighted by Crippen LogP contribution is -2.22. The van der Waals surface area contributed by atoms with E-state index in [1.807, 2.05) is 54.6 Å². The van der Waals surface area contributed by atoms with Gasteiger partial charge in [0.05, 0.1) is 5.56 Å². The number of amides is 1. The van der Waals surface area contributed by atoms with E-state index in [1.54, 1.807) is 12.1 Å². The largest absolute Gasteiger partial charge is 0.452 e. The van der Waals surface area contributed by atoms with Gasteiger partial charge in [0.25, 0.3) is 5.91 Å². The van der Waals surface area contributed by atoms with Crippen molar-refractivity contribution < 1.29 is 31.8 Å². The summed E-state index contributed by atoms with van der Waals surface area (Å²) in [7, 11) is -4.67. The fourth-order valence-corrected chi connectivity index (χ4v) is 3.15. The Kier molecular flexibility index (Phi) is 9.34. The van der Waals surface area contributed by atoms with E-state index in [4.69, 9.17) is 22.3 Å². The number of nitrogens with one attached hydrogen (secondary N) is 1. The van der Waals surface area contributed by atoms with Gasteiger partial charge in [-0.05, 0) is 55.0 Å². The highest BCUT2D eigenvalue weighted by Gasteiger charge is 2.13. The molecule has 0 heterocycles. The molecule has 9 nitrogen and oxygen atoms in total. The smallest absolute Gasteiger partial charge is 0.394 e. The monoisotopic (exact) mass is 474 g/mol. The molecule has 0 saturated carbocycles. The highest BCUT2D eigenvalue weighted by Crippen LogP contribution is 2.20. The third kappa shape index (κ3) is 8.53. The Hall–Kier alpha value is -3.47. The van der Waals surface area contributed by atoms with Crippen LogP contribution in [-0.2, 0) is 19.9 Å². The van der Waals surface area contributed by atoms with Crippen LogP contribution in [-0.4, -0.2) is 49.1 Å². The number of rotatable bonds is 7. The van der Waals surface area contributed by atoms with Crippen molar-refractivity contribution in [3.63, 3.8) is 0 Å². The quantitative estimate of drug-likeness (QED) is 0.348. The SMILES string of the molecule is CCN(CC)c1ccc(NC(=O)COC(=O)c2cccc3ccccc23)cc1.O=S(=O)(O)O. The third-order valence-corrected chi connectivity index (χ3v) is 4.62. The van der Waals surface area contributed by atoms with Crippen LogP contribution >= 0.6 is 0 Å². The number of anilines is 2. The summed E-state index contributed by atoms with van der Waals surface area (Å²) in [6, 6.07) is 20.6. The molecule has 0 spiro atoms. The predicted molar refractivity (Wildman–Crippen MR) is 127 cm³/mol. The van der Waals surface area contributed by atoms with Crippen molar-refractivity contribution in [1.29, 1.82) is 0 Å². The van der Waals surface area contributed by atoms with Gasteiger partial charge in [0, 0.05) is 24.5 Å². The van der Waals surface area contributed by atoms with Gasteiger partial charge in [0.1, 0.15) is 0 Å². The van der Waals surface area contributed by atoms with Crippen LogP contribution < -0.4 is 10.2 Å². The Balaban J connectivity index is 0.000000696. The zero-order chi connectivity index (χ0) is 24.4. The molecule has 1 amide bonds. The van der Waals surface area contributed by atoms with Gasteiger partial charge < -0.3 is 15.0 Å². The molecule has 10 heteroatoms. The highest BCUT2D eigenvalue weighted by molar-refractivity contribution is 7.79. The van der Waals surface area contributed by atoms with E-state index in [9.17, 15) is 9.59 Å². The first-order valence-electron chi connectivity index (χ1n) is 10.1. The number of hydrogen-bond donors (Lipinski definition) is 3. The average molecular weight is 475 g/mol. The van der Waals surface area contributed by atoms with Crippen molar-refractivity contribution in [1.82, 2.24) is 0 Å². The van der Waals surface area contributed by atoms with Gasteiger partial charge in [-0.1, -0.05) is 36.4 Å². The van der Waals surface area contributed by atoms with E-state index in [1.165, 1.54) is 0 Å². The number of esters is 1. The zero-order valence-corrected chi connectivity index (χ0v) is 19.1. The molecule has 0 radical (unpaired) electrons. The molecule has 3 N–H and O–H groups in total. The Morgan fingerprint density at radius 1 is 0.909 bits per heavy atom. The van der Waals surface area contributed by atoms with Gasteiger partial charge in [-0.3, -0.25) is 13.9 Å². The highest BCUT2D eigenvalue weighted by atomic mass is 32.3. The molecule has 3 rings (SSSR count). The van der Waals surface area contributed by atoms with E-state index in [0.29, 0.717) is 11.3 Å². The van der Waals surface area contributed by atoms with Crippen LogP contribution in [0.15, 0.2) is 66.7 Å². The number of carbonyl (C=O) groups is 2. The van der Waals surface area contributed by atoms with Gasteiger partial charge >= 0.3 is 16.4 Å². The summed E-state index contributed by atoms with van der Waals surface area (Å²) < 4.78 is 36.8. The third-order valence-electron chi connectivity index (χ3n) is 4.62. The molecular weight excluding hydrogens is 448 g/mol. The number of benzene rings is 3. The van der Waals surface area contributed by atoms with Gasteiger partial charge in [0.2, 0.25) is 0 Å². The van der Waals surface area contributed by atoms with Gasteiger partial charge in [-0.15, -0.1) is 0 Å². The molecule has 0 aliphatic heterocycles. The van der Waals surface area contributed by atoms with Crippen molar-refractivity contribution in [3.05, 3.63) is 72.3 Å². The molecule has 0 aliphatic carbocycles. The van der Waals surface area contributed by atoms with Crippen molar-refractivity contribution in [2.75, 3.05) is 29.9 Å². The summed E-state index contributed by atoms with van der Waals surface area (Å²) in [6.45, 7) is 5.71. The maximum Gasteiger partial charge on any atom is 0.394 e. The zero-order valence-electron chi connectivity index (χ0n) is 18.3. The fraction of sp³-hybridized carbons (Fsp3) is 0.217. The van der Waals surface area contributed by atoms with Crippen molar-refractivity contribution in [3.8, 4) is 0 Å². The van der Waals surface area contributed by atoms with E-state index in [0.717, 1.165) is 29.5 Å². The number of ether oxygens (including phenoxy) is 1. The van der Waals surface area contributed by atoms with E-state index in [2.05, 4.69) is 24.1 Å². The van der Waals surface area contributed by atoms with Gasteiger partial charge in [-0.2, -0.15) is 8.42 Å². The lowest BCUT2D eigenvalue weighted by atomic mass is 10.1. The first-order valence-corrected chi connectivity index (χ1v) is 11.5. The van der Waals surface area contributed by atoms with Crippen LogP contribution in [0.5, 0.6) is 0 Å². The number of carbonyl (C=O) groups excluding carboxylic acids is 2. The van der Waals surface area contributed by atoms with Crippen molar-refractivity contribution in [2.45, 2.75) is 13.8 Å². The number of hydrogen-bond acceptors (Lipinski definition) is 6. The Labute approximate surface area is 192 Å². The maximum atomic E-state index is 12.4. The topological polar surface area (TPSA) is 133 Å². The minimum atomic E-state index is -4.67. The molecule has 0 fully saturated rings. The van der Waals surface area contributed by atoms with Gasteiger partial charge in [-0.25, -0.2) is 4.79 Å². The summed E-state index contributed by atoms with van der Waals surface area (Å²) in [5.74, 6) is -0.881. The second-order valence-corrected chi connectivity index (χ2v) is 7.71. The summed E-state index contributed by atoms with van der Waals surface area (Å²) in [4.78, 5) is 26.8. The lowest BCUT2D eigenvalue weighted by Gasteiger charge is -2.21. The molecule has 0 bridgehead atoms.